The zero-order valence-corrected chi connectivity index (χ0v) is 20.3. The summed E-state index contributed by atoms with van der Waals surface area (Å²) in [5.41, 5.74) is 3.34. The second-order valence-corrected chi connectivity index (χ2v) is 8.27. The van der Waals surface area contributed by atoms with Crippen LogP contribution in [-0.2, 0) is 0 Å². The van der Waals surface area contributed by atoms with E-state index in [2.05, 4.69) is 17.1 Å². The van der Waals surface area contributed by atoms with Gasteiger partial charge in [0.25, 0.3) is 5.89 Å². The van der Waals surface area contributed by atoms with Crippen LogP contribution in [0.25, 0.3) is 17.0 Å². The molecule has 1 aromatic heterocycles. The van der Waals surface area contributed by atoms with Crippen LogP contribution >= 0.6 is 12.2 Å². The number of rotatable bonds is 7. The van der Waals surface area contributed by atoms with Gasteiger partial charge in [-0.15, -0.1) is 6.58 Å². The number of fused-ring (bicyclic) bond motifs is 1. The van der Waals surface area contributed by atoms with E-state index in [1.807, 2.05) is 48.2 Å². The number of nitrogens with one attached hydrogen (secondary N) is 1. The van der Waals surface area contributed by atoms with Crippen molar-refractivity contribution in [3.05, 3.63) is 66.2 Å². The van der Waals surface area contributed by atoms with Gasteiger partial charge in [-0.2, -0.15) is 4.98 Å². The van der Waals surface area contributed by atoms with Crippen LogP contribution < -0.4 is 24.3 Å². The lowest BCUT2D eigenvalue weighted by molar-refractivity contribution is 0.174. The second-order valence-electron chi connectivity index (χ2n) is 7.89. The fourth-order valence-electron chi connectivity index (χ4n) is 4.18. The van der Waals surface area contributed by atoms with Crippen molar-refractivity contribution in [2.45, 2.75) is 13.0 Å². The molecule has 9 nitrogen and oxygen atoms in total. The molecule has 2 aliphatic rings. The number of aromatic nitrogens is 2. The molecule has 0 amide bonds. The lowest BCUT2D eigenvalue weighted by atomic mass is 9.94. The molecule has 1 N–H and O–H groups in total. The van der Waals surface area contributed by atoms with Gasteiger partial charge in [-0.1, -0.05) is 17.3 Å². The lowest BCUT2D eigenvalue weighted by Crippen LogP contribution is -2.45. The van der Waals surface area contributed by atoms with E-state index in [9.17, 15) is 0 Å². The van der Waals surface area contributed by atoms with Gasteiger partial charge in [0, 0.05) is 17.8 Å². The molecule has 10 heteroatoms. The molecule has 0 fully saturated rings. The summed E-state index contributed by atoms with van der Waals surface area (Å²) in [5.74, 6) is 3.39. The van der Waals surface area contributed by atoms with Gasteiger partial charge in [-0.05, 0) is 55.0 Å². The highest BCUT2D eigenvalue weighted by atomic mass is 32.1. The van der Waals surface area contributed by atoms with Gasteiger partial charge in [0.1, 0.15) is 0 Å². The number of nitrogens with zero attached hydrogens (tertiary/aromatic N) is 3. The van der Waals surface area contributed by atoms with Crippen LogP contribution in [0.3, 0.4) is 0 Å². The normalized spacial score (nSPS) is 16.8. The Bertz CT molecular complexity index is 1340. The Morgan fingerprint density at radius 1 is 1.14 bits per heavy atom. The van der Waals surface area contributed by atoms with Crippen LogP contribution in [-0.4, -0.2) is 47.7 Å². The Kier molecular flexibility index (Phi) is 6.04. The molecule has 0 saturated carbocycles. The zero-order valence-electron chi connectivity index (χ0n) is 19.5. The molecule has 3 heterocycles. The van der Waals surface area contributed by atoms with Crippen molar-refractivity contribution < 1.29 is 23.5 Å². The third-order valence-corrected chi connectivity index (χ3v) is 6.27. The van der Waals surface area contributed by atoms with E-state index >= 15 is 0 Å². The Hall–Kier alpha value is -4.05. The number of benzene rings is 2. The third kappa shape index (κ3) is 4.06. The average Bonchev–Trinajstić information content (AvgIpc) is 3.55. The van der Waals surface area contributed by atoms with Crippen molar-refractivity contribution in [2.75, 3.05) is 27.6 Å². The highest BCUT2D eigenvalue weighted by Crippen LogP contribution is 2.41. The first-order valence-corrected chi connectivity index (χ1v) is 11.3. The van der Waals surface area contributed by atoms with Crippen LogP contribution in [0.1, 0.15) is 24.4 Å². The zero-order chi connectivity index (χ0) is 24.5. The Morgan fingerprint density at radius 2 is 1.94 bits per heavy atom. The molecule has 1 atom stereocenters. The van der Waals surface area contributed by atoms with Gasteiger partial charge >= 0.3 is 0 Å². The summed E-state index contributed by atoms with van der Waals surface area (Å²) < 4.78 is 27.6. The third-order valence-electron chi connectivity index (χ3n) is 5.94. The maximum Gasteiger partial charge on any atom is 0.258 e. The number of hydrogen-bond acceptors (Lipinski definition) is 8. The second kappa shape index (κ2) is 9.30. The molecular formula is C25H24N4O5S. The minimum Gasteiger partial charge on any atom is -0.493 e. The van der Waals surface area contributed by atoms with Crippen molar-refractivity contribution in [3.8, 4) is 34.4 Å². The molecule has 35 heavy (non-hydrogen) atoms. The number of hydrogen-bond donors (Lipinski definition) is 1. The molecule has 180 valence electrons. The topological polar surface area (TPSA) is 91.1 Å². The predicted molar refractivity (Wildman–Crippen MR) is 133 cm³/mol. The number of ether oxygens (including phenoxy) is 4. The van der Waals surface area contributed by atoms with E-state index in [0.29, 0.717) is 46.4 Å². The highest BCUT2D eigenvalue weighted by Gasteiger charge is 2.34. The first-order chi connectivity index (χ1) is 17.0. The van der Waals surface area contributed by atoms with Crippen molar-refractivity contribution in [1.82, 2.24) is 20.4 Å². The molecule has 2 aliphatic heterocycles. The molecule has 0 bridgehead atoms. The van der Waals surface area contributed by atoms with Gasteiger partial charge in [-0.3, -0.25) is 0 Å². The summed E-state index contributed by atoms with van der Waals surface area (Å²) in [6.07, 6.45) is 1.79. The first-order valence-electron chi connectivity index (χ1n) is 10.9. The smallest absolute Gasteiger partial charge is 0.258 e. The number of methoxy groups -OCH3 is 2. The van der Waals surface area contributed by atoms with Crippen LogP contribution in [0.4, 0.5) is 0 Å². The lowest BCUT2D eigenvalue weighted by Gasteiger charge is -2.37. The summed E-state index contributed by atoms with van der Waals surface area (Å²) in [5, 5.41) is 8.22. The number of allylic oxidation sites excluding steroid dienone is 1. The summed E-state index contributed by atoms with van der Waals surface area (Å²) >= 11 is 5.67. The van der Waals surface area contributed by atoms with Crippen LogP contribution in [0.15, 0.2) is 59.3 Å². The summed E-state index contributed by atoms with van der Waals surface area (Å²) in [6, 6.07) is 10.9. The van der Waals surface area contributed by atoms with Crippen LogP contribution in [0.2, 0.25) is 0 Å². The largest absolute Gasteiger partial charge is 0.493 e. The fourth-order valence-corrected chi connectivity index (χ4v) is 4.50. The molecule has 1 unspecified atom stereocenters. The molecule has 0 aliphatic carbocycles. The maximum absolute atomic E-state index is 5.78. The van der Waals surface area contributed by atoms with E-state index < -0.39 is 0 Å². The predicted octanol–water partition coefficient (Wildman–Crippen LogP) is 4.33. The molecule has 0 spiro atoms. The molecule has 0 radical (unpaired) electrons. The van der Waals surface area contributed by atoms with Crippen molar-refractivity contribution in [2.24, 2.45) is 0 Å². The van der Waals surface area contributed by atoms with E-state index in [-0.39, 0.29) is 12.8 Å². The standard InChI is InChI=1S/C25H24N4O5S/c1-5-10-29-14(2)21(22(26-25(29)35)15-6-8-17(30-3)19(11-15)31-4)24-27-23(28-34-24)16-7-9-18-20(12-16)33-13-32-18/h5-9,11-12,22H,1,10,13H2,2-4H3,(H,26,35). The van der Waals surface area contributed by atoms with Crippen LogP contribution in [0.5, 0.6) is 23.0 Å². The molecule has 3 aromatic rings. The van der Waals surface area contributed by atoms with Gasteiger partial charge in [0.05, 0.1) is 25.8 Å². The van der Waals surface area contributed by atoms with E-state index in [1.165, 1.54) is 0 Å². The van der Waals surface area contributed by atoms with E-state index in [0.717, 1.165) is 22.4 Å². The molecular weight excluding hydrogens is 468 g/mol. The molecule has 5 rings (SSSR count). The first kappa shape index (κ1) is 22.7. The minimum absolute atomic E-state index is 0.195. The van der Waals surface area contributed by atoms with E-state index in [4.69, 9.17) is 40.7 Å². The molecule has 2 aromatic carbocycles. The Labute approximate surface area is 207 Å². The fraction of sp³-hybridized carbons (Fsp3) is 0.240. The quantitative estimate of drug-likeness (QED) is 0.380. The summed E-state index contributed by atoms with van der Waals surface area (Å²) in [6.45, 7) is 6.56. The highest BCUT2D eigenvalue weighted by molar-refractivity contribution is 7.80. The summed E-state index contributed by atoms with van der Waals surface area (Å²) in [7, 11) is 3.20. The van der Waals surface area contributed by atoms with Crippen molar-refractivity contribution in [1.29, 1.82) is 0 Å². The minimum atomic E-state index is -0.353. The average molecular weight is 493 g/mol. The Balaban J connectivity index is 1.59. The Morgan fingerprint density at radius 3 is 2.71 bits per heavy atom. The van der Waals surface area contributed by atoms with Crippen molar-refractivity contribution in [3.63, 3.8) is 0 Å². The SMILES string of the molecule is C=CCN1C(=S)NC(c2ccc(OC)c(OC)c2)C(c2nc(-c3ccc4c(c3)OCO4)no2)=C1C. The molecule has 0 saturated heterocycles. The van der Waals surface area contributed by atoms with Gasteiger partial charge in [-0.25, -0.2) is 0 Å². The van der Waals surface area contributed by atoms with E-state index in [1.54, 1.807) is 20.3 Å². The number of thiocarbonyl (C=S) groups is 1. The van der Waals surface area contributed by atoms with Gasteiger partial charge in [0.15, 0.2) is 28.1 Å². The maximum atomic E-state index is 5.78. The summed E-state index contributed by atoms with van der Waals surface area (Å²) in [4.78, 5) is 6.67. The van der Waals surface area contributed by atoms with Crippen LogP contribution in [0, 0.1) is 0 Å². The van der Waals surface area contributed by atoms with Gasteiger partial charge < -0.3 is 33.7 Å². The van der Waals surface area contributed by atoms with Gasteiger partial charge in [0.2, 0.25) is 12.6 Å². The van der Waals surface area contributed by atoms with Crippen molar-refractivity contribution >= 4 is 22.9 Å². The monoisotopic (exact) mass is 492 g/mol.